The van der Waals surface area contributed by atoms with Gasteiger partial charge in [0.1, 0.15) is 5.65 Å². The number of benzene rings is 1. The SMILES string of the molecule is C=Cc1cn(-c2ccccc2C)c2ncccc12. The van der Waals surface area contributed by atoms with Gasteiger partial charge in [0.2, 0.25) is 0 Å². The van der Waals surface area contributed by atoms with Crippen molar-refractivity contribution in [3.05, 3.63) is 66.5 Å². The molecule has 0 amide bonds. The van der Waals surface area contributed by atoms with Crippen LogP contribution in [0.1, 0.15) is 11.1 Å². The summed E-state index contributed by atoms with van der Waals surface area (Å²) >= 11 is 0. The Kier molecular flexibility index (Phi) is 2.49. The summed E-state index contributed by atoms with van der Waals surface area (Å²) in [7, 11) is 0. The summed E-state index contributed by atoms with van der Waals surface area (Å²) in [5.74, 6) is 0. The van der Waals surface area contributed by atoms with Crippen LogP contribution in [-0.2, 0) is 0 Å². The van der Waals surface area contributed by atoms with Crippen LogP contribution in [0, 0.1) is 6.92 Å². The number of rotatable bonds is 2. The fourth-order valence-corrected chi connectivity index (χ4v) is 2.26. The molecule has 0 N–H and O–H groups in total. The Balaban J connectivity index is 2.37. The van der Waals surface area contributed by atoms with Gasteiger partial charge in [0.15, 0.2) is 0 Å². The molecule has 0 unspecified atom stereocenters. The van der Waals surface area contributed by atoms with Crippen molar-refractivity contribution in [2.24, 2.45) is 0 Å². The summed E-state index contributed by atoms with van der Waals surface area (Å²) in [5, 5.41) is 1.13. The zero-order chi connectivity index (χ0) is 12.5. The second-order valence-electron chi connectivity index (χ2n) is 4.32. The molecule has 3 rings (SSSR count). The Labute approximate surface area is 106 Å². The Hall–Kier alpha value is -2.35. The molecule has 2 heterocycles. The first kappa shape index (κ1) is 10.8. The average molecular weight is 234 g/mol. The predicted octanol–water partition coefficient (Wildman–Crippen LogP) is 3.98. The summed E-state index contributed by atoms with van der Waals surface area (Å²) in [6.45, 7) is 5.98. The molecule has 0 saturated heterocycles. The van der Waals surface area contributed by atoms with Crippen LogP contribution < -0.4 is 0 Å². The van der Waals surface area contributed by atoms with Gasteiger partial charge in [-0.15, -0.1) is 0 Å². The highest BCUT2D eigenvalue weighted by Crippen LogP contribution is 2.25. The third-order valence-corrected chi connectivity index (χ3v) is 3.19. The smallest absolute Gasteiger partial charge is 0.145 e. The van der Waals surface area contributed by atoms with Crippen LogP contribution in [0.3, 0.4) is 0 Å². The van der Waals surface area contributed by atoms with E-state index in [2.05, 4.69) is 47.4 Å². The lowest BCUT2D eigenvalue weighted by atomic mass is 10.2. The number of hydrogen-bond acceptors (Lipinski definition) is 1. The van der Waals surface area contributed by atoms with Crippen LogP contribution in [0.2, 0.25) is 0 Å². The molecule has 1 aromatic carbocycles. The van der Waals surface area contributed by atoms with Crippen LogP contribution in [-0.4, -0.2) is 9.55 Å². The van der Waals surface area contributed by atoms with Crippen molar-refractivity contribution in [1.29, 1.82) is 0 Å². The minimum atomic E-state index is 0.974. The molecule has 2 heteroatoms. The molecule has 0 spiro atoms. The highest BCUT2D eigenvalue weighted by molar-refractivity contribution is 5.87. The van der Waals surface area contributed by atoms with Gasteiger partial charge in [-0.3, -0.25) is 0 Å². The quantitative estimate of drug-likeness (QED) is 0.656. The molecule has 0 saturated carbocycles. The van der Waals surface area contributed by atoms with Crippen molar-refractivity contribution in [3.63, 3.8) is 0 Å². The second-order valence-corrected chi connectivity index (χ2v) is 4.32. The van der Waals surface area contributed by atoms with Crippen molar-refractivity contribution in [2.75, 3.05) is 0 Å². The maximum atomic E-state index is 4.48. The van der Waals surface area contributed by atoms with Crippen LogP contribution in [0.4, 0.5) is 0 Å². The number of hydrogen-bond donors (Lipinski definition) is 0. The van der Waals surface area contributed by atoms with Gasteiger partial charge in [-0.1, -0.05) is 30.9 Å². The summed E-state index contributed by atoms with van der Waals surface area (Å²) in [4.78, 5) is 4.48. The number of pyridine rings is 1. The van der Waals surface area contributed by atoms with Gasteiger partial charge in [-0.25, -0.2) is 4.98 Å². The van der Waals surface area contributed by atoms with Crippen molar-refractivity contribution in [1.82, 2.24) is 9.55 Å². The molecule has 0 bridgehead atoms. The summed E-state index contributed by atoms with van der Waals surface area (Å²) in [6.07, 6.45) is 5.79. The van der Waals surface area contributed by atoms with E-state index in [1.165, 1.54) is 5.56 Å². The van der Waals surface area contributed by atoms with E-state index in [9.17, 15) is 0 Å². The van der Waals surface area contributed by atoms with E-state index in [0.29, 0.717) is 0 Å². The molecule has 2 nitrogen and oxygen atoms in total. The Morgan fingerprint density at radius 1 is 1.17 bits per heavy atom. The zero-order valence-corrected chi connectivity index (χ0v) is 10.3. The van der Waals surface area contributed by atoms with E-state index in [4.69, 9.17) is 0 Å². The van der Waals surface area contributed by atoms with Crippen LogP contribution in [0.15, 0.2) is 55.4 Å². The van der Waals surface area contributed by atoms with Gasteiger partial charge < -0.3 is 4.57 Å². The summed E-state index contributed by atoms with van der Waals surface area (Å²) in [5.41, 5.74) is 4.48. The van der Waals surface area contributed by atoms with Crippen molar-refractivity contribution < 1.29 is 0 Å². The van der Waals surface area contributed by atoms with E-state index in [0.717, 1.165) is 22.3 Å². The molecule has 18 heavy (non-hydrogen) atoms. The number of para-hydroxylation sites is 1. The summed E-state index contributed by atoms with van der Waals surface area (Å²) < 4.78 is 2.13. The largest absolute Gasteiger partial charge is 0.300 e. The Bertz CT molecular complexity index is 723. The predicted molar refractivity (Wildman–Crippen MR) is 75.9 cm³/mol. The fourth-order valence-electron chi connectivity index (χ4n) is 2.26. The van der Waals surface area contributed by atoms with Gasteiger partial charge in [0, 0.05) is 29.0 Å². The standard InChI is InChI=1S/C16H14N2/c1-3-13-11-18(15-9-5-4-7-12(15)2)16-14(13)8-6-10-17-16/h3-11H,1H2,2H3. The zero-order valence-electron chi connectivity index (χ0n) is 10.3. The minimum absolute atomic E-state index is 0.974. The molecular formula is C16H14N2. The van der Waals surface area contributed by atoms with Gasteiger partial charge in [0.25, 0.3) is 0 Å². The molecule has 88 valence electrons. The van der Waals surface area contributed by atoms with Crippen LogP contribution >= 0.6 is 0 Å². The topological polar surface area (TPSA) is 17.8 Å². The van der Waals surface area contributed by atoms with E-state index in [1.54, 1.807) is 0 Å². The lowest BCUT2D eigenvalue weighted by molar-refractivity contribution is 1.07. The maximum absolute atomic E-state index is 4.48. The number of aromatic nitrogens is 2. The van der Waals surface area contributed by atoms with Crippen LogP contribution in [0.5, 0.6) is 0 Å². The molecule has 0 aliphatic carbocycles. The third-order valence-electron chi connectivity index (χ3n) is 3.19. The molecule has 0 atom stereocenters. The molecule has 0 fully saturated rings. The molecule has 3 aromatic rings. The molecule has 0 radical (unpaired) electrons. The molecule has 0 aliphatic rings. The molecular weight excluding hydrogens is 220 g/mol. The van der Waals surface area contributed by atoms with E-state index in [-0.39, 0.29) is 0 Å². The number of nitrogens with zero attached hydrogens (tertiary/aromatic N) is 2. The van der Waals surface area contributed by atoms with Gasteiger partial charge in [-0.05, 0) is 30.7 Å². The van der Waals surface area contributed by atoms with Crippen LogP contribution in [0.25, 0.3) is 22.8 Å². The lowest BCUT2D eigenvalue weighted by Gasteiger charge is -2.07. The Morgan fingerprint density at radius 3 is 2.78 bits per heavy atom. The minimum Gasteiger partial charge on any atom is -0.300 e. The highest BCUT2D eigenvalue weighted by atomic mass is 15.0. The van der Waals surface area contributed by atoms with Gasteiger partial charge >= 0.3 is 0 Å². The Morgan fingerprint density at radius 2 is 2.00 bits per heavy atom. The normalized spacial score (nSPS) is 10.7. The lowest BCUT2D eigenvalue weighted by Crippen LogP contribution is -1.95. The number of aryl methyl sites for hydroxylation is 1. The van der Waals surface area contributed by atoms with E-state index >= 15 is 0 Å². The summed E-state index contributed by atoms with van der Waals surface area (Å²) in [6, 6.07) is 12.3. The van der Waals surface area contributed by atoms with Gasteiger partial charge in [0.05, 0.1) is 0 Å². The molecule has 0 aliphatic heterocycles. The third kappa shape index (κ3) is 1.54. The van der Waals surface area contributed by atoms with Crippen molar-refractivity contribution in [2.45, 2.75) is 6.92 Å². The first-order valence-corrected chi connectivity index (χ1v) is 5.96. The maximum Gasteiger partial charge on any atom is 0.145 e. The monoisotopic (exact) mass is 234 g/mol. The van der Waals surface area contributed by atoms with E-state index < -0.39 is 0 Å². The van der Waals surface area contributed by atoms with Crippen molar-refractivity contribution in [3.8, 4) is 5.69 Å². The molecule has 2 aromatic heterocycles. The number of fused-ring (bicyclic) bond motifs is 1. The average Bonchev–Trinajstić information content (AvgIpc) is 2.78. The van der Waals surface area contributed by atoms with Crippen molar-refractivity contribution >= 4 is 17.1 Å². The van der Waals surface area contributed by atoms with E-state index in [1.807, 2.05) is 30.5 Å². The second kappa shape index (κ2) is 4.15. The highest BCUT2D eigenvalue weighted by Gasteiger charge is 2.09. The first-order chi connectivity index (χ1) is 8.81. The first-order valence-electron chi connectivity index (χ1n) is 5.96. The van der Waals surface area contributed by atoms with Gasteiger partial charge in [-0.2, -0.15) is 0 Å². The fraction of sp³-hybridized carbons (Fsp3) is 0.0625.